The lowest BCUT2D eigenvalue weighted by molar-refractivity contribution is 0.102. The summed E-state index contributed by atoms with van der Waals surface area (Å²) in [6.45, 7) is 0. The topological polar surface area (TPSA) is 69.5 Å². The van der Waals surface area contributed by atoms with Crippen LogP contribution in [0, 0.1) is 11.3 Å². The molecule has 1 aromatic carbocycles. The van der Waals surface area contributed by atoms with E-state index in [1.165, 1.54) is 11.8 Å². The van der Waals surface area contributed by atoms with Gasteiger partial charge in [0.15, 0.2) is 5.78 Å². The molecule has 0 unspecified atom stereocenters. The van der Waals surface area contributed by atoms with E-state index in [4.69, 9.17) is 5.26 Å². The number of rotatable bonds is 4. The highest BCUT2D eigenvalue weighted by Crippen LogP contribution is 2.23. The number of nitriles is 1. The zero-order valence-electron chi connectivity index (χ0n) is 11.0. The molecule has 4 nitrogen and oxygen atoms in total. The monoisotopic (exact) mass is 293 g/mol. The van der Waals surface area contributed by atoms with Crippen molar-refractivity contribution in [1.82, 2.24) is 9.97 Å². The van der Waals surface area contributed by atoms with Gasteiger partial charge in [-0.05, 0) is 18.2 Å². The van der Waals surface area contributed by atoms with Crippen LogP contribution < -0.4 is 0 Å². The number of para-hydroxylation sites is 1. The first kappa shape index (κ1) is 13.4. The molecule has 0 amide bonds. The maximum atomic E-state index is 12.3. The van der Waals surface area contributed by atoms with Gasteiger partial charge in [-0.15, -0.1) is 0 Å². The molecule has 0 saturated carbocycles. The van der Waals surface area contributed by atoms with Crippen LogP contribution in [0.5, 0.6) is 0 Å². The highest BCUT2D eigenvalue weighted by molar-refractivity contribution is 8.00. The Morgan fingerprint density at radius 2 is 2.14 bits per heavy atom. The van der Waals surface area contributed by atoms with Gasteiger partial charge in [0.25, 0.3) is 0 Å². The molecule has 2 heterocycles. The van der Waals surface area contributed by atoms with Gasteiger partial charge in [0.2, 0.25) is 0 Å². The molecule has 0 aliphatic rings. The zero-order chi connectivity index (χ0) is 14.7. The molecular formula is C16H11N3OS. The van der Waals surface area contributed by atoms with Gasteiger partial charge in [0.05, 0.1) is 11.3 Å². The first-order valence-electron chi connectivity index (χ1n) is 6.37. The molecule has 5 heteroatoms. The molecule has 1 N–H and O–H groups in total. The third kappa shape index (κ3) is 2.67. The average Bonchev–Trinajstić information content (AvgIpc) is 2.97. The largest absolute Gasteiger partial charge is 0.360 e. The van der Waals surface area contributed by atoms with Gasteiger partial charge in [0, 0.05) is 28.9 Å². The molecule has 21 heavy (non-hydrogen) atoms. The SMILES string of the molecule is N#Cc1cccnc1SCC(=O)c1c[nH]c2ccccc12. The van der Waals surface area contributed by atoms with Gasteiger partial charge in [-0.1, -0.05) is 30.0 Å². The first-order chi connectivity index (χ1) is 10.3. The van der Waals surface area contributed by atoms with Crippen molar-refractivity contribution in [2.45, 2.75) is 5.03 Å². The Morgan fingerprint density at radius 3 is 3.00 bits per heavy atom. The second-order valence-electron chi connectivity index (χ2n) is 4.43. The van der Waals surface area contributed by atoms with Gasteiger partial charge in [0.1, 0.15) is 11.1 Å². The smallest absolute Gasteiger partial charge is 0.175 e. The summed E-state index contributed by atoms with van der Waals surface area (Å²) in [5.74, 6) is 0.278. The van der Waals surface area contributed by atoms with Crippen LogP contribution in [0.15, 0.2) is 53.8 Å². The van der Waals surface area contributed by atoms with Crippen molar-refractivity contribution >= 4 is 28.4 Å². The number of carbonyl (C=O) groups excluding carboxylic acids is 1. The molecule has 0 bridgehead atoms. The average molecular weight is 293 g/mol. The number of hydrogen-bond acceptors (Lipinski definition) is 4. The number of thioether (sulfide) groups is 1. The van der Waals surface area contributed by atoms with Crippen LogP contribution in [0.3, 0.4) is 0 Å². The molecule has 0 radical (unpaired) electrons. The summed E-state index contributed by atoms with van der Waals surface area (Å²) in [6, 6.07) is 13.2. The number of H-pyrrole nitrogens is 1. The standard InChI is InChI=1S/C16H11N3OS/c17-8-11-4-3-7-18-16(11)21-10-15(20)13-9-19-14-6-2-1-5-12(13)14/h1-7,9,19H,10H2. The van der Waals surface area contributed by atoms with E-state index in [9.17, 15) is 4.79 Å². The number of pyridine rings is 1. The minimum Gasteiger partial charge on any atom is -0.360 e. The quantitative estimate of drug-likeness (QED) is 0.591. The lowest BCUT2D eigenvalue weighted by atomic mass is 10.1. The molecule has 102 valence electrons. The highest BCUT2D eigenvalue weighted by atomic mass is 32.2. The Bertz CT molecular complexity index is 848. The number of fused-ring (bicyclic) bond motifs is 1. The summed E-state index contributed by atoms with van der Waals surface area (Å²) >= 11 is 1.29. The third-order valence-corrected chi connectivity index (χ3v) is 4.13. The normalized spacial score (nSPS) is 10.4. The van der Waals surface area contributed by atoms with Crippen LogP contribution in [0.2, 0.25) is 0 Å². The minimum atomic E-state index is 0.0204. The molecule has 3 aromatic rings. The second kappa shape index (κ2) is 5.81. The maximum Gasteiger partial charge on any atom is 0.175 e. The van der Waals surface area contributed by atoms with E-state index in [0.29, 0.717) is 16.2 Å². The molecule has 0 aliphatic carbocycles. The maximum absolute atomic E-state index is 12.3. The van der Waals surface area contributed by atoms with Crippen molar-refractivity contribution in [1.29, 1.82) is 5.26 Å². The molecule has 0 saturated heterocycles. The van der Waals surface area contributed by atoms with Gasteiger partial charge < -0.3 is 4.98 Å². The predicted octanol–water partition coefficient (Wildman–Crippen LogP) is 3.41. The summed E-state index contributed by atoms with van der Waals surface area (Å²) in [4.78, 5) is 19.6. The Morgan fingerprint density at radius 1 is 1.29 bits per heavy atom. The molecule has 0 fully saturated rings. The number of Topliss-reactive ketones (excluding diaryl/α,β-unsaturated/α-hetero) is 1. The minimum absolute atomic E-state index is 0.0204. The van der Waals surface area contributed by atoms with E-state index in [2.05, 4.69) is 16.0 Å². The summed E-state index contributed by atoms with van der Waals surface area (Å²) in [5.41, 5.74) is 2.11. The fraction of sp³-hybridized carbons (Fsp3) is 0.0625. The van der Waals surface area contributed by atoms with E-state index in [-0.39, 0.29) is 11.5 Å². The van der Waals surface area contributed by atoms with Gasteiger partial charge in [-0.2, -0.15) is 5.26 Å². The van der Waals surface area contributed by atoms with E-state index in [1.807, 2.05) is 24.3 Å². The zero-order valence-corrected chi connectivity index (χ0v) is 11.9. The van der Waals surface area contributed by atoms with Crippen LogP contribution in [-0.2, 0) is 0 Å². The highest BCUT2D eigenvalue weighted by Gasteiger charge is 2.13. The fourth-order valence-electron chi connectivity index (χ4n) is 2.10. The number of benzene rings is 1. The van der Waals surface area contributed by atoms with Crippen molar-refractivity contribution in [3.8, 4) is 6.07 Å². The molecule has 0 atom stereocenters. The van der Waals surface area contributed by atoms with Crippen LogP contribution >= 0.6 is 11.8 Å². The number of carbonyl (C=O) groups is 1. The Hall–Kier alpha value is -2.58. The summed E-state index contributed by atoms with van der Waals surface area (Å²) in [6.07, 6.45) is 3.36. The summed E-state index contributed by atoms with van der Waals surface area (Å²) < 4.78 is 0. The number of aromatic amines is 1. The van der Waals surface area contributed by atoms with Gasteiger partial charge in [-0.25, -0.2) is 4.98 Å². The van der Waals surface area contributed by atoms with Crippen molar-refractivity contribution in [3.63, 3.8) is 0 Å². The second-order valence-corrected chi connectivity index (χ2v) is 5.39. The molecule has 3 rings (SSSR count). The lowest BCUT2D eigenvalue weighted by Gasteiger charge is -2.01. The van der Waals surface area contributed by atoms with Crippen molar-refractivity contribution in [3.05, 3.63) is 59.9 Å². The molecular weight excluding hydrogens is 282 g/mol. The molecule has 0 spiro atoms. The number of nitrogens with zero attached hydrogens (tertiary/aromatic N) is 2. The van der Waals surface area contributed by atoms with E-state index in [1.54, 1.807) is 24.5 Å². The molecule has 0 aliphatic heterocycles. The van der Waals surface area contributed by atoms with Gasteiger partial charge >= 0.3 is 0 Å². The summed E-state index contributed by atoms with van der Waals surface area (Å²) in [7, 11) is 0. The lowest BCUT2D eigenvalue weighted by Crippen LogP contribution is -2.02. The Labute approximate surface area is 125 Å². The van der Waals surface area contributed by atoms with Crippen molar-refractivity contribution < 1.29 is 4.79 Å². The Kier molecular flexibility index (Phi) is 3.71. The Balaban J connectivity index is 1.80. The first-order valence-corrected chi connectivity index (χ1v) is 7.35. The predicted molar refractivity (Wildman–Crippen MR) is 82.3 cm³/mol. The summed E-state index contributed by atoms with van der Waals surface area (Å²) in [5, 5.41) is 10.5. The van der Waals surface area contributed by atoms with Crippen LogP contribution in [-0.4, -0.2) is 21.5 Å². The molecule has 2 aromatic heterocycles. The fourth-order valence-corrected chi connectivity index (χ4v) is 2.93. The number of hydrogen-bond donors (Lipinski definition) is 1. The van der Waals surface area contributed by atoms with Crippen molar-refractivity contribution in [2.24, 2.45) is 0 Å². The van der Waals surface area contributed by atoms with Crippen LogP contribution in [0.25, 0.3) is 10.9 Å². The van der Waals surface area contributed by atoms with E-state index in [0.717, 1.165) is 10.9 Å². The number of nitrogens with one attached hydrogen (secondary N) is 1. The van der Waals surface area contributed by atoms with Gasteiger partial charge in [-0.3, -0.25) is 4.79 Å². The third-order valence-electron chi connectivity index (χ3n) is 3.12. The van der Waals surface area contributed by atoms with E-state index < -0.39 is 0 Å². The van der Waals surface area contributed by atoms with Crippen LogP contribution in [0.4, 0.5) is 0 Å². The van der Waals surface area contributed by atoms with E-state index >= 15 is 0 Å². The number of aromatic nitrogens is 2. The van der Waals surface area contributed by atoms with Crippen molar-refractivity contribution in [2.75, 3.05) is 5.75 Å². The van der Waals surface area contributed by atoms with Crippen LogP contribution in [0.1, 0.15) is 15.9 Å². The number of ketones is 1.